The Labute approximate surface area is 216 Å². The number of benzene rings is 2. The lowest BCUT2D eigenvalue weighted by atomic mass is 10.1. The summed E-state index contributed by atoms with van der Waals surface area (Å²) in [6, 6.07) is 13.2. The number of fused-ring (bicyclic) bond motifs is 1. The van der Waals surface area contributed by atoms with Crippen LogP contribution < -0.4 is 10.6 Å². The number of urea groups is 1. The van der Waals surface area contributed by atoms with Crippen LogP contribution in [0.5, 0.6) is 0 Å². The van der Waals surface area contributed by atoms with Crippen molar-refractivity contribution < 1.29 is 18.0 Å². The van der Waals surface area contributed by atoms with Crippen LogP contribution in [0, 0.1) is 11.6 Å². The molecular weight excluding hydrogens is 492 g/mol. The lowest BCUT2D eigenvalue weighted by molar-refractivity contribution is 0.196. The minimum atomic E-state index is -0.360. The Hall–Kier alpha value is -4.80. The summed E-state index contributed by atoms with van der Waals surface area (Å²) >= 11 is 0. The van der Waals surface area contributed by atoms with Gasteiger partial charge in [0.25, 0.3) is 0 Å². The van der Waals surface area contributed by atoms with E-state index in [9.17, 15) is 13.6 Å². The molecule has 4 heterocycles. The number of amides is 2. The molecule has 38 heavy (non-hydrogen) atoms. The molecule has 9 nitrogen and oxygen atoms in total. The number of hydrogen-bond donors (Lipinski definition) is 2. The summed E-state index contributed by atoms with van der Waals surface area (Å²) in [4.78, 5) is 28.2. The summed E-state index contributed by atoms with van der Waals surface area (Å²) in [5, 5.41) is 6.16. The van der Waals surface area contributed by atoms with Crippen LogP contribution in [0.4, 0.5) is 25.2 Å². The Balaban J connectivity index is 1.21. The van der Waals surface area contributed by atoms with Crippen molar-refractivity contribution in [3.63, 3.8) is 0 Å². The summed E-state index contributed by atoms with van der Waals surface area (Å²) < 4.78 is 34.0. The topological polar surface area (TPSA) is 101 Å². The Morgan fingerprint density at radius 1 is 1.00 bits per heavy atom. The number of rotatable bonds is 5. The maximum atomic E-state index is 13.5. The zero-order valence-electron chi connectivity index (χ0n) is 20.1. The minimum Gasteiger partial charge on any atom is -0.432 e. The van der Waals surface area contributed by atoms with Gasteiger partial charge in [0.1, 0.15) is 29.3 Å². The normalized spacial score (nSPS) is 15.5. The van der Waals surface area contributed by atoms with Crippen molar-refractivity contribution in [2.75, 3.05) is 23.7 Å². The van der Waals surface area contributed by atoms with Crippen molar-refractivity contribution in [2.45, 2.75) is 18.9 Å². The summed E-state index contributed by atoms with van der Waals surface area (Å²) in [6.07, 6.45) is 6.59. The summed E-state index contributed by atoms with van der Waals surface area (Å²) in [5.41, 5.74) is 3.16. The van der Waals surface area contributed by atoms with Gasteiger partial charge in [-0.3, -0.25) is 4.40 Å². The SMILES string of the molecule is O=C(Nc1ccc(F)cc1)N1CCCC(Nc2nccc(-c3c(-c4ccc(F)cc4)nc4occn34)n2)C1. The van der Waals surface area contributed by atoms with Gasteiger partial charge in [0.05, 0.1) is 5.69 Å². The second kappa shape index (κ2) is 9.92. The second-order valence-corrected chi connectivity index (χ2v) is 9.00. The smallest absolute Gasteiger partial charge is 0.321 e. The number of nitrogens with one attached hydrogen (secondary N) is 2. The molecular formula is C27H23F2N7O2. The number of carbonyl (C=O) groups is 1. The number of carbonyl (C=O) groups excluding carboxylic acids is 1. The molecule has 192 valence electrons. The van der Waals surface area contributed by atoms with E-state index >= 15 is 0 Å². The third kappa shape index (κ3) is 4.77. The quantitative estimate of drug-likeness (QED) is 0.323. The molecule has 0 aliphatic carbocycles. The van der Waals surface area contributed by atoms with E-state index in [2.05, 4.69) is 20.6 Å². The van der Waals surface area contributed by atoms with Crippen molar-refractivity contribution in [2.24, 2.45) is 0 Å². The highest BCUT2D eigenvalue weighted by Gasteiger charge is 2.25. The number of oxazole rings is 1. The van der Waals surface area contributed by atoms with Crippen LogP contribution in [0.15, 0.2) is 77.7 Å². The zero-order valence-corrected chi connectivity index (χ0v) is 20.1. The van der Waals surface area contributed by atoms with E-state index in [1.165, 1.54) is 42.7 Å². The predicted octanol–water partition coefficient (Wildman–Crippen LogP) is 5.44. The number of aromatic nitrogens is 4. The number of nitrogens with zero attached hydrogens (tertiary/aromatic N) is 5. The Kier molecular flexibility index (Phi) is 6.16. The van der Waals surface area contributed by atoms with Crippen molar-refractivity contribution >= 4 is 23.5 Å². The van der Waals surface area contributed by atoms with Gasteiger partial charge in [-0.2, -0.15) is 4.98 Å². The molecule has 1 aliphatic heterocycles. The maximum Gasteiger partial charge on any atom is 0.321 e. The Morgan fingerprint density at radius 3 is 2.55 bits per heavy atom. The summed E-state index contributed by atoms with van der Waals surface area (Å²) in [7, 11) is 0. The highest BCUT2D eigenvalue weighted by Crippen LogP contribution is 2.32. The van der Waals surface area contributed by atoms with Crippen molar-refractivity contribution in [3.05, 3.63) is 84.9 Å². The molecule has 0 radical (unpaired) electrons. The largest absolute Gasteiger partial charge is 0.432 e. The highest BCUT2D eigenvalue weighted by atomic mass is 19.1. The molecule has 1 fully saturated rings. The average molecular weight is 516 g/mol. The maximum absolute atomic E-state index is 13.5. The minimum absolute atomic E-state index is 0.0612. The van der Waals surface area contributed by atoms with Crippen molar-refractivity contribution in [1.82, 2.24) is 24.3 Å². The van der Waals surface area contributed by atoms with Gasteiger partial charge in [-0.1, -0.05) is 0 Å². The number of imidazole rings is 1. The van der Waals surface area contributed by atoms with E-state index in [4.69, 9.17) is 9.40 Å². The first-order valence-corrected chi connectivity index (χ1v) is 12.2. The lowest BCUT2D eigenvalue weighted by Crippen LogP contribution is -2.47. The Morgan fingerprint density at radius 2 is 1.76 bits per heavy atom. The molecule has 1 atom stereocenters. The number of halogens is 2. The van der Waals surface area contributed by atoms with Crippen LogP contribution in [0.25, 0.3) is 28.5 Å². The number of hydrogen-bond acceptors (Lipinski definition) is 6. The molecule has 2 N–H and O–H groups in total. The van der Waals surface area contributed by atoms with Crippen LogP contribution in [0.1, 0.15) is 12.8 Å². The highest BCUT2D eigenvalue weighted by molar-refractivity contribution is 5.89. The molecule has 3 aromatic heterocycles. The van der Waals surface area contributed by atoms with Crippen LogP contribution in [-0.4, -0.2) is 49.4 Å². The van der Waals surface area contributed by atoms with Crippen LogP contribution in [-0.2, 0) is 0 Å². The molecule has 0 spiro atoms. The van der Waals surface area contributed by atoms with Crippen molar-refractivity contribution in [3.8, 4) is 22.6 Å². The molecule has 1 saturated heterocycles. The summed E-state index contributed by atoms with van der Waals surface area (Å²) in [6.45, 7) is 1.07. The van der Waals surface area contributed by atoms with E-state index in [0.717, 1.165) is 18.4 Å². The van der Waals surface area contributed by atoms with Gasteiger partial charge in [0, 0.05) is 42.8 Å². The van der Waals surface area contributed by atoms with Gasteiger partial charge >= 0.3 is 11.9 Å². The molecule has 1 unspecified atom stereocenters. The summed E-state index contributed by atoms with van der Waals surface area (Å²) in [5.74, 6) is 0.112. The van der Waals surface area contributed by atoms with E-state index in [1.54, 1.807) is 39.9 Å². The van der Waals surface area contributed by atoms with Gasteiger partial charge < -0.3 is 20.0 Å². The first-order chi connectivity index (χ1) is 18.5. The van der Waals surface area contributed by atoms with Gasteiger partial charge in [-0.15, -0.1) is 0 Å². The Bertz CT molecular complexity index is 1580. The number of piperidine rings is 1. The van der Waals surface area contributed by atoms with E-state index in [-0.39, 0.29) is 23.7 Å². The zero-order chi connectivity index (χ0) is 26.1. The molecule has 1 aliphatic rings. The fourth-order valence-corrected chi connectivity index (χ4v) is 4.60. The number of anilines is 2. The third-order valence-electron chi connectivity index (χ3n) is 6.42. The molecule has 11 heteroatoms. The van der Waals surface area contributed by atoms with Gasteiger partial charge in [0.15, 0.2) is 0 Å². The molecule has 6 rings (SSSR count). The monoisotopic (exact) mass is 515 g/mol. The molecule has 0 bridgehead atoms. The van der Waals surface area contributed by atoms with E-state index in [1.807, 2.05) is 0 Å². The van der Waals surface area contributed by atoms with Crippen LogP contribution >= 0.6 is 0 Å². The first-order valence-electron chi connectivity index (χ1n) is 12.2. The molecule has 2 amide bonds. The van der Waals surface area contributed by atoms with Gasteiger partial charge in [-0.25, -0.2) is 23.5 Å². The molecule has 0 saturated carbocycles. The van der Waals surface area contributed by atoms with E-state index < -0.39 is 0 Å². The first kappa shape index (κ1) is 23.6. The number of likely N-dealkylation sites (tertiary alicyclic amines) is 1. The predicted molar refractivity (Wildman–Crippen MR) is 138 cm³/mol. The second-order valence-electron chi connectivity index (χ2n) is 9.00. The van der Waals surface area contributed by atoms with Gasteiger partial charge in [-0.05, 0) is 67.4 Å². The molecule has 5 aromatic rings. The fraction of sp³-hybridized carbons (Fsp3) is 0.185. The van der Waals surface area contributed by atoms with Crippen LogP contribution in [0.2, 0.25) is 0 Å². The van der Waals surface area contributed by atoms with Gasteiger partial charge in [0.2, 0.25) is 5.95 Å². The lowest BCUT2D eigenvalue weighted by Gasteiger charge is -2.33. The van der Waals surface area contributed by atoms with E-state index in [0.29, 0.717) is 47.7 Å². The third-order valence-corrected chi connectivity index (χ3v) is 6.42. The molecule has 2 aromatic carbocycles. The standard InChI is InChI=1S/C27H23F2N7O2/c28-18-5-3-17(4-6-18)23-24(36-14-15-38-27(36)34-23)22-11-12-30-25(33-22)31-21-2-1-13-35(16-21)26(37)32-20-9-7-19(29)8-10-20/h3-12,14-15,21H,1-2,13,16H2,(H,32,37)(H,30,31,33). The fourth-order valence-electron chi connectivity index (χ4n) is 4.60. The van der Waals surface area contributed by atoms with Crippen molar-refractivity contribution in [1.29, 1.82) is 0 Å². The average Bonchev–Trinajstić information content (AvgIpc) is 3.52. The van der Waals surface area contributed by atoms with Crippen LogP contribution in [0.3, 0.4) is 0 Å².